The van der Waals surface area contributed by atoms with E-state index in [2.05, 4.69) is 0 Å². The number of halogens is 5. The molecule has 0 fully saturated rings. The van der Waals surface area contributed by atoms with Crippen molar-refractivity contribution in [3.8, 4) is 0 Å². The fraction of sp³-hybridized carbons (Fsp3) is 0.364. The minimum absolute atomic E-state index is 0.0894. The molecule has 1 atom stereocenters. The lowest BCUT2D eigenvalue weighted by Crippen LogP contribution is -2.59. The van der Waals surface area contributed by atoms with Gasteiger partial charge in [0.1, 0.15) is 0 Å². The monoisotopic (exact) mass is 315 g/mol. The molecule has 0 radical (unpaired) electrons. The van der Waals surface area contributed by atoms with Crippen molar-refractivity contribution in [2.24, 2.45) is 0 Å². The Morgan fingerprint density at radius 2 is 1.95 bits per heavy atom. The maximum atomic E-state index is 12.7. The van der Waals surface area contributed by atoms with Crippen molar-refractivity contribution in [3.63, 3.8) is 0 Å². The number of aliphatic carboxylic acids is 1. The first-order chi connectivity index (χ1) is 8.59. The van der Waals surface area contributed by atoms with Crippen LogP contribution in [0.3, 0.4) is 0 Å². The molecule has 1 unspecified atom stereocenters. The van der Waals surface area contributed by atoms with Crippen molar-refractivity contribution in [3.05, 3.63) is 33.8 Å². The summed E-state index contributed by atoms with van der Waals surface area (Å²) in [5.74, 6) is -2.02. The summed E-state index contributed by atoms with van der Waals surface area (Å²) >= 11 is 11.5. The third-order valence-electron chi connectivity index (χ3n) is 2.66. The van der Waals surface area contributed by atoms with Gasteiger partial charge >= 0.3 is 12.1 Å². The molecule has 2 N–H and O–H groups in total. The van der Waals surface area contributed by atoms with Crippen molar-refractivity contribution in [2.75, 3.05) is 0 Å². The summed E-state index contributed by atoms with van der Waals surface area (Å²) in [6.45, 7) is 0.176. The number of benzene rings is 1. The molecule has 0 aliphatic rings. The molecule has 1 aromatic carbocycles. The lowest BCUT2D eigenvalue weighted by atomic mass is 10.0. The van der Waals surface area contributed by atoms with Gasteiger partial charge in [0.05, 0.1) is 10.0 Å². The Kier molecular flexibility index (Phi) is 4.71. The molecule has 1 aromatic rings. The Hall–Kier alpha value is -0.980. The highest BCUT2D eigenvalue weighted by Gasteiger charge is 2.57. The largest absolute Gasteiger partial charge is 0.480 e. The SMILES string of the molecule is CC(NCc1cccc(Cl)c1Cl)(C(=O)O)C(F)(F)F. The van der Waals surface area contributed by atoms with Crippen molar-refractivity contribution in [2.45, 2.75) is 25.2 Å². The van der Waals surface area contributed by atoms with Crippen LogP contribution in [-0.4, -0.2) is 22.8 Å². The van der Waals surface area contributed by atoms with E-state index in [0.717, 1.165) is 0 Å². The molecular formula is C11H10Cl2F3NO2. The molecule has 0 aromatic heterocycles. The van der Waals surface area contributed by atoms with E-state index in [-0.39, 0.29) is 22.2 Å². The first-order valence-corrected chi connectivity index (χ1v) is 5.83. The Morgan fingerprint density at radius 1 is 1.37 bits per heavy atom. The lowest BCUT2D eigenvalue weighted by molar-refractivity contribution is -0.206. The molecule has 0 saturated heterocycles. The van der Waals surface area contributed by atoms with E-state index in [9.17, 15) is 18.0 Å². The Morgan fingerprint density at radius 3 is 2.42 bits per heavy atom. The number of alkyl halides is 3. The first-order valence-electron chi connectivity index (χ1n) is 5.07. The lowest BCUT2D eigenvalue weighted by Gasteiger charge is -2.28. The average Bonchev–Trinajstić information content (AvgIpc) is 2.28. The van der Waals surface area contributed by atoms with Gasteiger partial charge in [-0.05, 0) is 18.6 Å². The molecule has 0 amide bonds. The Bertz CT molecular complexity index is 493. The topological polar surface area (TPSA) is 49.3 Å². The molecule has 0 spiro atoms. The quantitative estimate of drug-likeness (QED) is 0.894. The predicted molar refractivity (Wildman–Crippen MR) is 65.4 cm³/mol. The zero-order valence-electron chi connectivity index (χ0n) is 9.68. The van der Waals surface area contributed by atoms with Crippen LogP contribution >= 0.6 is 23.2 Å². The van der Waals surface area contributed by atoms with Gasteiger partial charge in [-0.25, -0.2) is 4.79 Å². The standard InChI is InChI=1S/C11H10Cl2F3NO2/c1-10(9(18)19,11(14,15)16)17-5-6-3-2-4-7(12)8(6)13/h2-4,17H,5H2,1H3,(H,18,19). The number of carboxylic acid groups (broad SMARTS) is 1. The van der Waals surface area contributed by atoms with Gasteiger partial charge in [-0.15, -0.1) is 0 Å². The summed E-state index contributed by atoms with van der Waals surface area (Å²) in [4.78, 5) is 10.8. The smallest absolute Gasteiger partial charge is 0.417 e. The van der Waals surface area contributed by atoms with E-state index in [4.69, 9.17) is 28.3 Å². The maximum Gasteiger partial charge on any atom is 0.417 e. The van der Waals surface area contributed by atoms with Gasteiger partial charge in [-0.2, -0.15) is 13.2 Å². The molecule has 0 heterocycles. The molecule has 0 saturated carbocycles. The molecule has 3 nitrogen and oxygen atoms in total. The molecule has 0 bridgehead atoms. The zero-order chi connectivity index (χ0) is 14.8. The molecule has 106 valence electrons. The van der Waals surface area contributed by atoms with Crippen LogP contribution in [-0.2, 0) is 11.3 Å². The van der Waals surface area contributed by atoms with E-state index >= 15 is 0 Å². The number of nitrogens with one attached hydrogen (secondary N) is 1. The number of carboxylic acids is 1. The molecule has 0 aliphatic carbocycles. The summed E-state index contributed by atoms with van der Waals surface area (Å²) in [5, 5.41) is 11.0. The van der Waals surface area contributed by atoms with E-state index in [1.165, 1.54) is 18.2 Å². The van der Waals surface area contributed by atoms with E-state index in [0.29, 0.717) is 6.92 Å². The number of hydrogen-bond acceptors (Lipinski definition) is 2. The van der Waals surface area contributed by atoms with Crippen molar-refractivity contribution >= 4 is 29.2 Å². The van der Waals surface area contributed by atoms with Crippen LogP contribution in [0.15, 0.2) is 18.2 Å². The minimum Gasteiger partial charge on any atom is -0.480 e. The van der Waals surface area contributed by atoms with E-state index in [1.807, 2.05) is 5.32 Å². The normalized spacial score (nSPS) is 15.1. The van der Waals surface area contributed by atoms with Crippen LogP contribution in [0.2, 0.25) is 10.0 Å². The summed E-state index contributed by atoms with van der Waals surface area (Å²) in [7, 11) is 0. The fourth-order valence-electron chi connectivity index (χ4n) is 1.25. The number of hydrogen-bond donors (Lipinski definition) is 2. The molecule has 0 aliphatic heterocycles. The summed E-state index contributed by atoms with van der Waals surface area (Å²) in [6, 6.07) is 4.45. The molecular weight excluding hydrogens is 306 g/mol. The average molecular weight is 316 g/mol. The van der Waals surface area contributed by atoms with Crippen LogP contribution in [0.25, 0.3) is 0 Å². The fourth-order valence-corrected chi connectivity index (χ4v) is 1.64. The van der Waals surface area contributed by atoms with Gasteiger partial charge in [-0.3, -0.25) is 5.32 Å². The van der Waals surface area contributed by atoms with Crippen molar-refractivity contribution < 1.29 is 23.1 Å². The third kappa shape index (κ3) is 3.32. The van der Waals surface area contributed by atoms with E-state index in [1.54, 1.807) is 0 Å². The second kappa shape index (κ2) is 5.56. The Balaban J connectivity index is 2.96. The summed E-state index contributed by atoms with van der Waals surface area (Å²) in [6.07, 6.45) is -4.94. The van der Waals surface area contributed by atoms with Crippen LogP contribution in [0.4, 0.5) is 13.2 Å². The number of rotatable bonds is 4. The highest BCUT2D eigenvalue weighted by molar-refractivity contribution is 6.42. The zero-order valence-corrected chi connectivity index (χ0v) is 11.2. The second-order valence-corrected chi connectivity index (χ2v) is 4.78. The molecule has 8 heteroatoms. The van der Waals surface area contributed by atoms with E-state index < -0.39 is 17.7 Å². The maximum absolute atomic E-state index is 12.7. The van der Waals surface area contributed by atoms with Gasteiger partial charge in [0.2, 0.25) is 5.54 Å². The summed E-state index contributed by atoms with van der Waals surface area (Å²) in [5.41, 5.74) is -2.77. The predicted octanol–water partition coefficient (Wildman–Crippen LogP) is 3.49. The van der Waals surface area contributed by atoms with Crippen LogP contribution < -0.4 is 5.32 Å². The highest BCUT2D eigenvalue weighted by Crippen LogP contribution is 2.32. The summed E-state index contributed by atoms with van der Waals surface area (Å²) < 4.78 is 38.2. The van der Waals surface area contributed by atoms with Gasteiger partial charge in [0.25, 0.3) is 0 Å². The van der Waals surface area contributed by atoms with Gasteiger partial charge in [0, 0.05) is 6.54 Å². The van der Waals surface area contributed by atoms with Crippen molar-refractivity contribution in [1.29, 1.82) is 0 Å². The third-order valence-corrected chi connectivity index (χ3v) is 3.52. The number of carbonyl (C=O) groups is 1. The van der Waals surface area contributed by atoms with Gasteiger partial charge in [-0.1, -0.05) is 35.3 Å². The first kappa shape index (κ1) is 16.1. The molecule has 19 heavy (non-hydrogen) atoms. The van der Waals surface area contributed by atoms with Crippen molar-refractivity contribution in [1.82, 2.24) is 5.32 Å². The van der Waals surface area contributed by atoms with Crippen LogP contribution in [0.1, 0.15) is 12.5 Å². The van der Waals surface area contributed by atoms with Gasteiger partial charge < -0.3 is 5.11 Å². The van der Waals surface area contributed by atoms with Crippen LogP contribution in [0, 0.1) is 0 Å². The van der Waals surface area contributed by atoms with Gasteiger partial charge in [0.15, 0.2) is 0 Å². The van der Waals surface area contributed by atoms with Crippen LogP contribution in [0.5, 0.6) is 0 Å². The Labute approximate surface area is 117 Å². The highest BCUT2D eigenvalue weighted by atomic mass is 35.5. The molecule has 1 rings (SSSR count). The minimum atomic E-state index is -4.94. The second-order valence-electron chi connectivity index (χ2n) is 3.99.